The molecule has 0 heterocycles. The molecule has 1 aromatic carbocycles. The van der Waals surface area contributed by atoms with Gasteiger partial charge in [-0.2, -0.15) is 0 Å². The minimum Gasteiger partial charge on any atom is -0.346 e. The second kappa shape index (κ2) is 6.40. The van der Waals surface area contributed by atoms with Crippen molar-refractivity contribution >= 4 is 17.5 Å². The molecule has 0 aromatic heterocycles. The molecule has 0 fully saturated rings. The summed E-state index contributed by atoms with van der Waals surface area (Å²) in [5, 5.41) is 3.68. The van der Waals surface area contributed by atoms with Crippen LogP contribution in [0.3, 0.4) is 0 Å². The van der Waals surface area contributed by atoms with Gasteiger partial charge < -0.3 is 11.1 Å². The van der Waals surface area contributed by atoms with E-state index in [1.165, 1.54) is 0 Å². The second-order valence-corrected chi connectivity index (χ2v) is 6.21. The van der Waals surface area contributed by atoms with Crippen LogP contribution in [0.1, 0.15) is 43.1 Å². The van der Waals surface area contributed by atoms with Crippen LogP contribution >= 0.6 is 11.6 Å². The van der Waals surface area contributed by atoms with E-state index in [1.807, 2.05) is 13.8 Å². The Bertz CT molecular complexity index is 459. The average molecular weight is 283 g/mol. The van der Waals surface area contributed by atoms with E-state index >= 15 is 0 Å². The third kappa shape index (κ3) is 4.51. The van der Waals surface area contributed by atoms with E-state index < -0.39 is 0 Å². The average Bonchev–Trinajstić information content (AvgIpc) is 2.27. The van der Waals surface area contributed by atoms with Crippen molar-refractivity contribution < 1.29 is 4.79 Å². The molecule has 106 valence electrons. The predicted molar refractivity (Wildman–Crippen MR) is 80.6 cm³/mol. The minimum absolute atomic E-state index is 0.0947. The maximum Gasteiger partial charge on any atom is 0.252 e. The first-order valence-electron chi connectivity index (χ1n) is 6.56. The molecule has 3 N–H and O–H groups in total. The van der Waals surface area contributed by atoms with Crippen molar-refractivity contribution in [3.63, 3.8) is 0 Å². The van der Waals surface area contributed by atoms with Crippen LogP contribution < -0.4 is 11.1 Å². The Kier molecular flexibility index (Phi) is 5.39. The molecular formula is C15H23ClN2O. The van der Waals surface area contributed by atoms with Crippen molar-refractivity contribution in [2.24, 2.45) is 11.7 Å². The summed E-state index contributed by atoms with van der Waals surface area (Å²) >= 11 is 5.90. The fraction of sp³-hybridized carbons (Fsp3) is 0.533. The fourth-order valence-corrected chi connectivity index (χ4v) is 2.54. The van der Waals surface area contributed by atoms with Gasteiger partial charge in [-0.05, 0) is 49.9 Å². The molecule has 0 aliphatic rings. The van der Waals surface area contributed by atoms with Crippen molar-refractivity contribution in [1.82, 2.24) is 5.32 Å². The number of halogens is 1. The van der Waals surface area contributed by atoms with E-state index in [9.17, 15) is 4.79 Å². The van der Waals surface area contributed by atoms with E-state index in [1.54, 1.807) is 18.2 Å². The summed E-state index contributed by atoms with van der Waals surface area (Å²) in [5.74, 6) is 0.378. The number of hydrogen-bond acceptors (Lipinski definition) is 2. The van der Waals surface area contributed by atoms with E-state index in [2.05, 4.69) is 19.2 Å². The summed E-state index contributed by atoms with van der Waals surface area (Å²) in [5.41, 5.74) is 6.95. The number of aryl methyl sites for hydroxylation is 1. The van der Waals surface area contributed by atoms with Crippen molar-refractivity contribution in [3.8, 4) is 0 Å². The van der Waals surface area contributed by atoms with Gasteiger partial charge in [-0.1, -0.05) is 25.4 Å². The van der Waals surface area contributed by atoms with Gasteiger partial charge in [0.15, 0.2) is 0 Å². The first-order valence-corrected chi connectivity index (χ1v) is 6.94. The van der Waals surface area contributed by atoms with Gasteiger partial charge >= 0.3 is 0 Å². The van der Waals surface area contributed by atoms with Crippen molar-refractivity contribution in [2.45, 2.75) is 39.7 Å². The van der Waals surface area contributed by atoms with Gasteiger partial charge in [-0.15, -0.1) is 0 Å². The molecule has 3 nitrogen and oxygen atoms in total. The number of carbonyl (C=O) groups excluding carboxylic acids is 1. The first kappa shape index (κ1) is 16.0. The number of nitrogens with one attached hydrogen (secondary N) is 1. The van der Waals surface area contributed by atoms with Crippen LogP contribution in [0.25, 0.3) is 0 Å². The van der Waals surface area contributed by atoms with Crippen LogP contribution in [0.15, 0.2) is 18.2 Å². The molecule has 1 unspecified atom stereocenters. The highest BCUT2D eigenvalue weighted by atomic mass is 35.5. The molecule has 0 spiro atoms. The van der Waals surface area contributed by atoms with Gasteiger partial charge in [0, 0.05) is 22.7 Å². The summed E-state index contributed by atoms with van der Waals surface area (Å²) in [6.45, 7) is 8.52. The third-order valence-electron chi connectivity index (χ3n) is 3.16. The number of nitrogens with two attached hydrogens (primary N) is 1. The van der Waals surface area contributed by atoms with Gasteiger partial charge in [-0.3, -0.25) is 4.79 Å². The second-order valence-electron chi connectivity index (χ2n) is 5.78. The molecule has 4 heteroatoms. The molecule has 0 aliphatic carbocycles. The van der Waals surface area contributed by atoms with E-state index in [0.29, 0.717) is 23.0 Å². The van der Waals surface area contributed by atoms with Crippen molar-refractivity contribution in [1.29, 1.82) is 0 Å². The van der Waals surface area contributed by atoms with Crippen molar-refractivity contribution in [2.75, 3.05) is 6.54 Å². The summed E-state index contributed by atoms with van der Waals surface area (Å²) in [6, 6.07) is 5.27. The lowest BCUT2D eigenvalue weighted by Gasteiger charge is -2.31. The van der Waals surface area contributed by atoms with Crippen LogP contribution in [0, 0.1) is 12.8 Å². The zero-order valence-electron chi connectivity index (χ0n) is 12.1. The predicted octanol–water partition coefficient (Wildman–Crippen LogP) is 3.14. The first-order chi connectivity index (χ1) is 8.77. The Balaban J connectivity index is 2.88. The number of rotatable bonds is 5. The number of amides is 1. The molecule has 1 atom stereocenters. The molecular weight excluding hydrogens is 260 g/mol. The Labute approximate surface area is 120 Å². The number of carbonyl (C=O) groups is 1. The molecule has 0 bridgehead atoms. The lowest BCUT2D eigenvalue weighted by atomic mass is 9.90. The van der Waals surface area contributed by atoms with Gasteiger partial charge in [0.1, 0.15) is 0 Å². The maximum atomic E-state index is 12.3. The Morgan fingerprint density at radius 2 is 2.11 bits per heavy atom. The zero-order valence-corrected chi connectivity index (χ0v) is 12.8. The quantitative estimate of drug-likeness (QED) is 0.872. The van der Waals surface area contributed by atoms with E-state index in [4.69, 9.17) is 17.3 Å². The summed E-state index contributed by atoms with van der Waals surface area (Å²) in [7, 11) is 0. The lowest BCUT2D eigenvalue weighted by Crippen LogP contribution is -2.52. The van der Waals surface area contributed by atoms with Gasteiger partial charge in [0.05, 0.1) is 0 Å². The maximum absolute atomic E-state index is 12.3. The topological polar surface area (TPSA) is 55.1 Å². The highest BCUT2D eigenvalue weighted by Crippen LogP contribution is 2.19. The molecule has 0 saturated carbocycles. The Morgan fingerprint density at radius 3 is 2.58 bits per heavy atom. The van der Waals surface area contributed by atoms with Crippen LogP contribution in [-0.2, 0) is 0 Å². The molecule has 1 rings (SSSR count). The van der Waals surface area contributed by atoms with Gasteiger partial charge in [0.2, 0.25) is 0 Å². The van der Waals surface area contributed by atoms with Gasteiger partial charge in [-0.25, -0.2) is 0 Å². The SMILES string of the molecule is Cc1cc(Cl)ccc1C(=O)NC(C)(CN)CC(C)C. The summed E-state index contributed by atoms with van der Waals surface area (Å²) in [4.78, 5) is 12.3. The van der Waals surface area contributed by atoms with Crippen LogP contribution in [-0.4, -0.2) is 18.0 Å². The van der Waals surface area contributed by atoms with Crippen LogP contribution in [0.4, 0.5) is 0 Å². The minimum atomic E-state index is -0.378. The normalized spacial score (nSPS) is 14.3. The number of benzene rings is 1. The fourth-order valence-electron chi connectivity index (χ4n) is 2.31. The summed E-state index contributed by atoms with van der Waals surface area (Å²) in [6.07, 6.45) is 0.849. The molecule has 1 aromatic rings. The molecule has 0 aliphatic heterocycles. The molecule has 19 heavy (non-hydrogen) atoms. The monoisotopic (exact) mass is 282 g/mol. The Morgan fingerprint density at radius 1 is 1.47 bits per heavy atom. The van der Waals surface area contributed by atoms with E-state index in [0.717, 1.165) is 12.0 Å². The Hall–Kier alpha value is -1.06. The van der Waals surface area contributed by atoms with Crippen LogP contribution in [0.2, 0.25) is 5.02 Å². The summed E-state index contributed by atoms with van der Waals surface area (Å²) < 4.78 is 0. The van der Waals surface area contributed by atoms with Crippen molar-refractivity contribution in [3.05, 3.63) is 34.3 Å². The largest absolute Gasteiger partial charge is 0.346 e. The van der Waals surface area contributed by atoms with Gasteiger partial charge in [0.25, 0.3) is 5.91 Å². The van der Waals surface area contributed by atoms with Crippen LogP contribution in [0.5, 0.6) is 0 Å². The molecule has 0 saturated heterocycles. The molecule has 1 amide bonds. The molecule has 0 radical (unpaired) electrons. The smallest absolute Gasteiger partial charge is 0.252 e. The van der Waals surface area contributed by atoms with E-state index in [-0.39, 0.29) is 11.4 Å². The highest BCUT2D eigenvalue weighted by molar-refractivity contribution is 6.30. The third-order valence-corrected chi connectivity index (χ3v) is 3.39. The number of hydrogen-bond donors (Lipinski definition) is 2. The standard InChI is InChI=1S/C15H23ClN2O/c1-10(2)8-15(4,9-17)18-14(19)13-6-5-12(16)7-11(13)3/h5-7,10H,8-9,17H2,1-4H3,(H,18,19). The zero-order chi connectivity index (χ0) is 14.6. The lowest BCUT2D eigenvalue weighted by molar-refractivity contribution is 0.0897. The highest BCUT2D eigenvalue weighted by Gasteiger charge is 2.26.